The lowest BCUT2D eigenvalue weighted by molar-refractivity contribution is -0.140. The second-order valence-corrected chi connectivity index (χ2v) is 4.01. The zero-order valence-electron chi connectivity index (χ0n) is 7.79. The SMILES string of the molecule is COC(=O)CCc1cc(O)ccc1I. The van der Waals surface area contributed by atoms with Gasteiger partial charge in [0.25, 0.3) is 0 Å². The Morgan fingerprint density at radius 2 is 2.29 bits per heavy atom. The maximum absolute atomic E-state index is 10.9. The molecule has 0 bridgehead atoms. The topological polar surface area (TPSA) is 46.5 Å². The first-order valence-electron chi connectivity index (χ1n) is 4.17. The summed E-state index contributed by atoms with van der Waals surface area (Å²) in [4.78, 5) is 10.9. The van der Waals surface area contributed by atoms with Crippen LogP contribution in [-0.2, 0) is 16.0 Å². The number of aryl methyl sites for hydroxylation is 1. The fraction of sp³-hybridized carbons (Fsp3) is 0.300. The first kappa shape index (κ1) is 11.3. The van der Waals surface area contributed by atoms with Gasteiger partial charge in [0.05, 0.1) is 7.11 Å². The Balaban J connectivity index is 2.66. The van der Waals surface area contributed by atoms with Crippen LogP contribution >= 0.6 is 22.6 Å². The van der Waals surface area contributed by atoms with Crippen molar-refractivity contribution in [3.8, 4) is 5.75 Å². The number of benzene rings is 1. The van der Waals surface area contributed by atoms with Crippen molar-refractivity contribution in [1.29, 1.82) is 0 Å². The minimum absolute atomic E-state index is 0.227. The lowest BCUT2D eigenvalue weighted by atomic mass is 10.1. The summed E-state index contributed by atoms with van der Waals surface area (Å²) in [6, 6.07) is 5.12. The quantitative estimate of drug-likeness (QED) is 0.687. The molecule has 0 aliphatic carbocycles. The lowest BCUT2D eigenvalue weighted by Crippen LogP contribution is -2.02. The highest BCUT2D eigenvalue weighted by molar-refractivity contribution is 14.1. The van der Waals surface area contributed by atoms with Crippen LogP contribution in [0.3, 0.4) is 0 Å². The number of carbonyl (C=O) groups excluding carboxylic acids is 1. The Morgan fingerprint density at radius 1 is 1.57 bits per heavy atom. The highest BCUT2D eigenvalue weighted by atomic mass is 127. The van der Waals surface area contributed by atoms with E-state index in [2.05, 4.69) is 27.3 Å². The van der Waals surface area contributed by atoms with Gasteiger partial charge >= 0.3 is 5.97 Å². The van der Waals surface area contributed by atoms with Crippen molar-refractivity contribution >= 4 is 28.6 Å². The third-order valence-electron chi connectivity index (χ3n) is 1.86. The van der Waals surface area contributed by atoms with Crippen LogP contribution in [0.15, 0.2) is 18.2 Å². The second kappa shape index (κ2) is 5.19. The average Bonchev–Trinajstić information content (AvgIpc) is 2.19. The highest BCUT2D eigenvalue weighted by Gasteiger charge is 2.05. The molecule has 14 heavy (non-hydrogen) atoms. The number of aromatic hydroxyl groups is 1. The third-order valence-corrected chi connectivity index (χ3v) is 2.91. The standard InChI is InChI=1S/C10H11IO3/c1-14-10(13)5-2-7-6-8(12)3-4-9(7)11/h3-4,6,12H,2,5H2,1H3. The summed E-state index contributed by atoms with van der Waals surface area (Å²) in [5.74, 6) is -0.00516. The van der Waals surface area contributed by atoms with Crippen LogP contribution in [0.1, 0.15) is 12.0 Å². The number of esters is 1. The molecule has 0 aliphatic heterocycles. The first-order valence-corrected chi connectivity index (χ1v) is 5.25. The Bertz CT molecular complexity index is 336. The highest BCUT2D eigenvalue weighted by Crippen LogP contribution is 2.19. The van der Waals surface area contributed by atoms with E-state index in [0.29, 0.717) is 12.8 Å². The minimum atomic E-state index is -0.232. The van der Waals surface area contributed by atoms with Gasteiger partial charge in [-0.1, -0.05) is 0 Å². The van der Waals surface area contributed by atoms with Crippen LogP contribution in [0.5, 0.6) is 5.75 Å². The van der Waals surface area contributed by atoms with Crippen molar-refractivity contribution in [3.05, 3.63) is 27.3 Å². The predicted molar refractivity (Wildman–Crippen MR) is 61.2 cm³/mol. The fourth-order valence-electron chi connectivity index (χ4n) is 1.09. The molecule has 76 valence electrons. The molecular weight excluding hydrogens is 295 g/mol. The van der Waals surface area contributed by atoms with E-state index in [1.54, 1.807) is 12.1 Å². The summed E-state index contributed by atoms with van der Waals surface area (Å²) in [5.41, 5.74) is 0.969. The lowest BCUT2D eigenvalue weighted by Gasteiger charge is -2.04. The van der Waals surface area contributed by atoms with Gasteiger partial charge in [0, 0.05) is 9.99 Å². The van der Waals surface area contributed by atoms with Gasteiger partial charge in [-0.3, -0.25) is 4.79 Å². The van der Waals surface area contributed by atoms with Crippen LogP contribution in [0.25, 0.3) is 0 Å². The van der Waals surface area contributed by atoms with Crippen molar-refractivity contribution in [2.75, 3.05) is 7.11 Å². The van der Waals surface area contributed by atoms with E-state index in [4.69, 9.17) is 0 Å². The van der Waals surface area contributed by atoms with Crippen molar-refractivity contribution in [2.45, 2.75) is 12.8 Å². The van der Waals surface area contributed by atoms with E-state index in [-0.39, 0.29) is 11.7 Å². The Hall–Kier alpha value is -0.780. The van der Waals surface area contributed by atoms with Crippen molar-refractivity contribution in [3.63, 3.8) is 0 Å². The molecule has 0 unspecified atom stereocenters. The summed E-state index contributed by atoms with van der Waals surface area (Å²) in [6.45, 7) is 0. The molecule has 0 radical (unpaired) electrons. The maximum atomic E-state index is 10.9. The number of carbonyl (C=O) groups is 1. The van der Waals surface area contributed by atoms with Gasteiger partial charge in [0.1, 0.15) is 5.75 Å². The van der Waals surface area contributed by atoms with Gasteiger partial charge in [0.15, 0.2) is 0 Å². The molecule has 0 amide bonds. The summed E-state index contributed by atoms with van der Waals surface area (Å²) in [5, 5.41) is 9.24. The number of phenolic OH excluding ortho intramolecular Hbond substituents is 1. The molecule has 1 N–H and O–H groups in total. The second-order valence-electron chi connectivity index (χ2n) is 2.85. The number of hydrogen-bond donors (Lipinski definition) is 1. The Labute approximate surface area is 96.2 Å². The maximum Gasteiger partial charge on any atom is 0.305 e. The largest absolute Gasteiger partial charge is 0.508 e. The minimum Gasteiger partial charge on any atom is -0.508 e. The van der Waals surface area contributed by atoms with E-state index in [0.717, 1.165) is 9.13 Å². The molecule has 1 aromatic carbocycles. The molecule has 4 heteroatoms. The van der Waals surface area contributed by atoms with Gasteiger partial charge in [0.2, 0.25) is 0 Å². The summed E-state index contributed by atoms with van der Waals surface area (Å²) < 4.78 is 5.58. The molecule has 0 aromatic heterocycles. The average molecular weight is 306 g/mol. The van der Waals surface area contributed by atoms with Crippen LogP contribution in [0.2, 0.25) is 0 Å². The van der Waals surface area contributed by atoms with E-state index in [1.165, 1.54) is 7.11 Å². The van der Waals surface area contributed by atoms with Crippen LogP contribution in [-0.4, -0.2) is 18.2 Å². The van der Waals surface area contributed by atoms with Gasteiger partial charge < -0.3 is 9.84 Å². The Kier molecular flexibility index (Phi) is 4.19. The summed E-state index contributed by atoms with van der Waals surface area (Å²) in [6.07, 6.45) is 0.940. The molecule has 3 nitrogen and oxygen atoms in total. The molecule has 1 rings (SSSR count). The van der Waals surface area contributed by atoms with Gasteiger partial charge in [-0.25, -0.2) is 0 Å². The van der Waals surface area contributed by atoms with E-state index < -0.39 is 0 Å². The number of rotatable bonds is 3. The number of halogens is 1. The van der Waals surface area contributed by atoms with E-state index in [1.807, 2.05) is 6.07 Å². The molecule has 0 aliphatic rings. The molecule has 0 heterocycles. The van der Waals surface area contributed by atoms with Crippen LogP contribution in [0.4, 0.5) is 0 Å². The molecular formula is C10H11IO3. The fourth-order valence-corrected chi connectivity index (χ4v) is 1.70. The molecule has 0 saturated carbocycles. The molecule has 0 saturated heterocycles. The third kappa shape index (κ3) is 3.17. The van der Waals surface area contributed by atoms with Gasteiger partial charge in [-0.05, 0) is 52.8 Å². The predicted octanol–water partition coefficient (Wildman–Crippen LogP) is 2.10. The van der Waals surface area contributed by atoms with Crippen molar-refractivity contribution in [1.82, 2.24) is 0 Å². The monoisotopic (exact) mass is 306 g/mol. The number of hydrogen-bond acceptors (Lipinski definition) is 3. The molecule has 0 spiro atoms. The smallest absolute Gasteiger partial charge is 0.305 e. The normalized spacial score (nSPS) is 9.86. The Morgan fingerprint density at radius 3 is 2.93 bits per heavy atom. The zero-order valence-corrected chi connectivity index (χ0v) is 9.95. The molecule has 0 atom stereocenters. The van der Waals surface area contributed by atoms with E-state index >= 15 is 0 Å². The van der Waals surface area contributed by atoms with E-state index in [9.17, 15) is 9.90 Å². The van der Waals surface area contributed by atoms with Gasteiger partial charge in [-0.15, -0.1) is 0 Å². The summed E-state index contributed by atoms with van der Waals surface area (Å²) in [7, 11) is 1.37. The van der Waals surface area contributed by atoms with Crippen LogP contribution < -0.4 is 0 Å². The molecule has 0 fully saturated rings. The van der Waals surface area contributed by atoms with Crippen LogP contribution in [0, 0.1) is 3.57 Å². The summed E-state index contributed by atoms with van der Waals surface area (Å²) >= 11 is 2.17. The number of ether oxygens (including phenoxy) is 1. The number of methoxy groups -OCH3 is 1. The first-order chi connectivity index (χ1) is 6.63. The van der Waals surface area contributed by atoms with Gasteiger partial charge in [-0.2, -0.15) is 0 Å². The van der Waals surface area contributed by atoms with Crippen molar-refractivity contribution < 1.29 is 14.6 Å². The van der Waals surface area contributed by atoms with Crippen molar-refractivity contribution in [2.24, 2.45) is 0 Å². The number of phenols is 1. The molecule has 1 aromatic rings. The zero-order chi connectivity index (χ0) is 10.6.